The first-order valence-corrected chi connectivity index (χ1v) is 7.70. The molecule has 0 unspecified atom stereocenters. The second-order valence-electron chi connectivity index (χ2n) is 5.46. The van der Waals surface area contributed by atoms with Crippen LogP contribution in [0.1, 0.15) is 15.9 Å². The van der Waals surface area contributed by atoms with Gasteiger partial charge in [-0.2, -0.15) is 0 Å². The minimum absolute atomic E-state index is 0.132. The Labute approximate surface area is 151 Å². The fraction of sp³-hybridized carbons (Fsp3) is 0.278. The van der Waals surface area contributed by atoms with Gasteiger partial charge in [-0.15, -0.1) is 0 Å². The third-order valence-corrected chi connectivity index (χ3v) is 3.84. The summed E-state index contributed by atoms with van der Waals surface area (Å²) in [6, 6.07) is 9.12. The summed E-state index contributed by atoms with van der Waals surface area (Å²) in [5.74, 6) is 1.07. The number of non-ortho nitro benzene ring substituents is 1. The van der Waals surface area contributed by atoms with Crippen molar-refractivity contribution >= 4 is 11.6 Å². The van der Waals surface area contributed by atoms with Gasteiger partial charge in [-0.25, -0.2) is 0 Å². The fourth-order valence-corrected chi connectivity index (χ4v) is 2.59. The Hall–Kier alpha value is -3.29. The molecule has 0 fully saturated rings. The maximum atomic E-state index is 12.6. The van der Waals surface area contributed by atoms with Gasteiger partial charge in [-0.1, -0.05) is 6.07 Å². The number of nitrogens with zero attached hydrogens (tertiary/aromatic N) is 2. The Morgan fingerprint density at radius 2 is 1.77 bits per heavy atom. The van der Waals surface area contributed by atoms with Gasteiger partial charge in [0.25, 0.3) is 11.6 Å². The first-order valence-electron chi connectivity index (χ1n) is 7.70. The molecule has 1 amide bonds. The molecule has 8 nitrogen and oxygen atoms in total. The van der Waals surface area contributed by atoms with E-state index in [0.29, 0.717) is 22.8 Å². The largest absolute Gasteiger partial charge is 0.493 e. The summed E-state index contributed by atoms with van der Waals surface area (Å²) in [7, 11) is 6.14. The second kappa shape index (κ2) is 8.19. The zero-order valence-electron chi connectivity index (χ0n) is 15.0. The third-order valence-electron chi connectivity index (χ3n) is 3.84. The van der Waals surface area contributed by atoms with Crippen LogP contribution in [0.2, 0.25) is 0 Å². The van der Waals surface area contributed by atoms with Crippen LogP contribution in [0.25, 0.3) is 0 Å². The number of ether oxygens (including phenoxy) is 3. The third kappa shape index (κ3) is 3.85. The topological polar surface area (TPSA) is 91.1 Å². The number of amides is 1. The highest BCUT2D eigenvalue weighted by molar-refractivity contribution is 5.94. The van der Waals surface area contributed by atoms with Crippen LogP contribution in [0.15, 0.2) is 36.4 Å². The van der Waals surface area contributed by atoms with Crippen molar-refractivity contribution < 1.29 is 23.9 Å². The highest BCUT2D eigenvalue weighted by Gasteiger charge is 2.20. The summed E-state index contributed by atoms with van der Waals surface area (Å²) in [4.78, 5) is 24.4. The van der Waals surface area contributed by atoms with Crippen LogP contribution in [0.5, 0.6) is 17.2 Å². The number of nitro benzene ring substituents is 1. The van der Waals surface area contributed by atoms with Crippen molar-refractivity contribution in [3.8, 4) is 17.2 Å². The molecule has 26 heavy (non-hydrogen) atoms. The number of rotatable bonds is 7. The molecule has 0 aromatic heterocycles. The lowest BCUT2D eigenvalue weighted by molar-refractivity contribution is -0.384. The van der Waals surface area contributed by atoms with E-state index in [9.17, 15) is 14.9 Å². The van der Waals surface area contributed by atoms with Crippen molar-refractivity contribution in [2.45, 2.75) is 6.54 Å². The van der Waals surface area contributed by atoms with Gasteiger partial charge in [0.05, 0.1) is 26.3 Å². The molecule has 0 aliphatic heterocycles. The van der Waals surface area contributed by atoms with Crippen LogP contribution in [0, 0.1) is 10.1 Å². The van der Waals surface area contributed by atoms with Crippen molar-refractivity contribution in [1.29, 1.82) is 0 Å². The lowest BCUT2D eigenvalue weighted by atomic mass is 10.1. The number of methoxy groups -OCH3 is 3. The zero-order valence-corrected chi connectivity index (χ0v) is 15.0. The molecule has 0 aliphatic rings. The summed E-state index contributed by atoms with van der Waals surface area (Å²) >= 11 is 0. The number of carbonyl (C=O) groups is 1. The number of nitro groups is 1. The van der Waals surface area contributed by atoms with E-state index in [4.69, 9.17) is 14.2 Å². The summed E-state index contributed by atoms with van der Waals surface area (Å²) in [5, 5.41) is 10.9. The molecule has 138 valence electrons. The average Bonchev–Trinajstić information content (AvgIpc) is 2.66. The molecular weight excluding hydrogens is 340 g/mol. The van der Waals surface area contributed by atoms with Crippen LogP contribution in [-0.2, 0) is 6.54 Å². The molecule has 2 aromatic carbocycles. The molecule has 0 bridgehead atoms. The van der Waals surface area contributed by atoms with Gasteiger partial charge in [0.15, 0.2) is 11.5 Å². The van der Waals surface area contributed by atoms with E-state index >= 15 is 0 Å². The Morgan fingerprint density at radius 1 is 1.08 bits per heavy atom. The van der Waals surface area contributed by atoms with Crippen molar-refractivity contribution in [3.05, 3.63) is 57.6 Å². The molecule has 0 saturated carbocycles. The van der Waals surface area contributed by atoms with Gasteiger partial charge >= 0.3 is 0 Å². The molecule has 2 rings (SSSR count). The predicted molar refractivity (Wildman–Crippen MR) is 95.0 cm³/mol. The molecule has 0 saturated heterocycles. The highest BCUT2D eigenvalue weighted by Crippen LogP contribution is 2.40. The van der Waals surface area contributed by atoms with Crippen molar-refractivity contribution in [2.75, 3.05) is 28.4 Å². The minimum atomic E-state index is -0.534. The van der Waals surface area contributed by atoms with Gasteiger partial charge in [0.2, 0.25) is 5.75 Å². The normalized spacial score (nSPS) is 10.2. The van der Waals surface area contributed by atoms with Gasteiger partial charge in [0, 0.05) is 36.9 Å². The van der Waals surface area contributed by atoms with E-state index in [-0.39, 0.29) is 23.7 Å². The van der Waals surface area contributed by atoms with Crippen molar-refractivity contribution in [1.82, 2.24) is 4.90 Å². The Kier molecular flexibility index (Phi) is 6.00. The standard InChI is InChI=1S/C18H20N2O6/c1-19(18(21)12-6-5-7-14(10-12)20(22)23)11-13-8-9-15(24-2)17(26-4)16(13)25-3/h5-10H,11H2,1-4H3. The van der Waals surface area contributed by atoms with Gasteiger partial charge < -0.3 is 19.1 Å². The Morgan fingerprint density at radius 3 is 2.35 bits per heavy atom. The van der Waals surface area contributed by atoms with E-state index in [1.165, 1.54) is 50.5 Å². The van der Waals surface area contributed by atoms with E-state index in [2.05, 4.69) is 0 Å². The summed E-state index contributed by atoms with van der Waals surface area (Å²) in [5.41, 5.74) is 0.820. The molecule has 2 aromatic rings. The fourth-order valence-electron chi connectivity index (χ4n) is 2.59. The van der Waals surface area contributed by atoms with E-state index < -0.39 is 4.92 Å². The molecule has 8 heteroatoms. The minimum Gasteiger partial charge on any atom is -0.493 e. The van der Waals surface area contributed by atoms with Crippen molar-refractivity contribution in [3.63, 3.8) is 0 Å². The SMILES string of the molecule is COc1ccc(CN(C)C(=O)c2cccc([N+](=O)[O-])c2)c(OC)c1OC. The van der Waals surface area contributed by atoms with E-state index in [0.717, 1.165) is 0 Å². The average molecular weight is 360 g/mol. The molecule has 0 N–H and O–H groups in total. The summed E-state index contributed by atoms with van der Waals surface area (Å²) < 4.78 is 16.0. The predicted octanol–water partition coefficient (Wildman–Crippen LogP) is 2.89. The number of hydrogen-bond donors (Lipinski definition) is 0. The molecular formula is C18H20N2O6. The van der Waals surface area contributed by atoms with Crippen LogP contribution >= 0.6 is 0 Å². The van der Waals surface area contributed by atoms with Crippen LogP contribution in [0.3, 0.4) is 0 Å². The first kappa shape index (κ1) is 19.0. The maximum Gasteiger partial charge on any atom is 0.270 e. The molecule has 0 atom stereocenters. The van der Waals surface area contributed by atoms with Crippen LogP contribution < -0.4 is 14.2 Å². The quantitative estimate of drug-likeness (QED) is 0.557. The van der Waals surface area contributed by atoms with E-state index in [1.807, 2.05) is 0 Å². The lowest BCUT2D eigenvalue weighted by Gasteiger charge is -2.21. The first-order chi connectivity index (χ1) is 12.4. The summed E-state index contributed by atoms with van der Waals surface area (Å²) in [6.45, 7) is 0.227. The Bertz CT molecular complexity index is 821. The second-order valence-corrected chi connectivity index (χ2v) is 5.46. The van der Waals surface area contributed by atoms with Crippen molar-refractivity contribution in [2.24, 2.45) is 0 Å². The Balaban J connectivity index is 2.29. The highest BCUT2D eigenvalue weighted by atomic mass is 16.6. The number of benzene rings is 2. The van der Waals surface area contributed by atoms with Gasteiger partial charge in [0.1, 0.15) is 0 Å². The molecule has 0 heterocycles. The smallest absolute Gasteiger partial charge is 0.270 e. The number of hydrogen-bond acceptors (Lipinski definition) is 6. The summed E-state index contributed by atoms with van der Waals surface area (Å²) in [6.07, 6.45) is 0. The van der Waals surface area contributed by atoms with Gasteiger partial charge in [-0.3, -0.25) is 14.9 Å². The molecule has 0 radical (unpaired) electrons. The molecule has 0 aliphatic carbocycles. The van der Waals surface area contributed by atoms with Crippen LogP contribution in [0.4, 0.5) is 5.69 Å². The zero-order chi connectivity index (χ0) is 19.3. The van der Waals surface area contributed by atoms with E-state index in [1.54, 1.807) is 19.2 Å². The van der Waals surface area contributed by atoms with Gasteiger partial charge in [-0.05, 0) is 18.2 Å². The van der Waals surface area contributed by atoms with Crippen LogP contribution in [-0.4, -0.2) is 44.1 Å². The monoisotopic (exact) mass is 360 g/mol. The number of carbonyl (C=O) groups excluding carboxylic acids is 1. The molecule has 0 spiro atoms. The lowest BCUT2D eigenvalue weighted by Crippen LogP contribution is -2.26. The maximum absolute atomic E-state index is 12.6.